The van der Waals surface area contributed by atoms with Crippen molar-refractivity contribution in [1.29, 1.82) is 0 Å². The first-order chi connectivity index (χ1) is 22.7. The van der Waals surface area contributed by atoms with Gasteiger partial charge in [0, 0.05) is 31.2 Å². The first-order valence-electron chi connectivity index (χ1n) is 15.7. The van der Waals surface area contributed by atoms with Crippen molar-refractivity contribution in [2.24, 2.45) is 5.92 Å². The van der Waals surface area contributed by atoms with E-state index in [1.165, 1.54) is 0 Å². The molecule has 0 aliphatic carbocycles. The summed E-state index contributed by atoms with van der Waals surface area (Å²) in [6.07, 6.45) is -0.339. The Hall–Kier alpha value is -5.06. The van der Waals surface area contributed by atoms with E-state index >= 15 is 0 Å². The molecule has 1 aliphatic heterocycles. The Morgan fingerprint density at radius 3 is 2.32 bits per heavy atom. The van der Waals surface area contributed by atoms with Crippen LogP contribution in [0.1, 0.15) is 29.8 Å². The van der Waals surface area contributed by atoms with Crippen molar-refractivity contribution < 1.29 is 28.9 Å². The second-order valence-corrected chi connectivity index (χ2v) is 11.9. The molecule has 10 heteroatoms. The second-order valence-electron chi connectivity index (χ2n) is 11.9. The first kappa shape index (κ1) is 33.3. The fourth-order valence-corrected chi connectivity index (χ4v) is 5.49. The number of amides is 3. The van der Waals surface area contributed by atoms with Crippen molar-refractivity contribution in [3.63, 3.8) is 0 Å². The molecule has 0 fully saturated rings. The number of aliphatic hydroxyl groups excluding tert-OH is 1. The molecule has 0 aromatic heterocycles. The number of urea groups is 1. The molecule has 0 saturated carbocycles. The molecule has 0 radical (unpaired) electrons. The molecular weight excluding hydrogens is 596 g/mol. The highest BCUT2D eigenvalue weighted by molar-refractivity contribution is 6.04. The van der Waals surface area contributed by atoms with Crippen molar-refractivity contribution in [3.8, 4) is 23.0 Å². The number of hydrogen-bond acceptors (Lipinski definition) is 7. The molecule has 0 unspecified atom stereocenters. The van der Waals surface area contributed by atoms with Gasteiger partial charge in [-0.1, -0.05) is 43.3 Å². The monoisotopic (exact) mass is 638 g/mol. The summed E-state index contributed by atoms with van der Waals surface area (Å²) in [5, 5.41) is 15.7. The summed E-state index contributed by atoms with van der Waals surface area (Å²) in [5.41, 5.74) is 2.38. The van der Waals surface area contributed by atoms with Gasteiger partial charge in [0.15, 0.2) is 5.75 Å². The topological polar surface area (TPSA) is 113 Å². The van der Waals surface area contributed by atoms with Crippen LogP contribution in [0.3, 0.4) is 0 Å². The minimum Gasteiger partial charge on any atom is -0.497 e. The van der Waals surface area contributed by atoms with Gasteiger partial charge < -0.3 is 34.9 Å². The minimum absolute atomic E-state index is 0.0913. The number of hydrogen-bond donors (Lipinski definition) is 3. The molecule has 4 aromatic carbocycles. The molecule has 0 spiro atoms. The average Bonchev–Trinajstić information content (AvgIpc) is 3.08. The summed E-state index contributed by atoms with van der Waals surface area (Å²) in [6, 6.07) is 28.9. The Morgan fingerprint density at radius 2 is 1.64 bits per heavy atom. The van der Waals surface area contributed by atoms with Crippen LogP contribution in [-0.4, -0.2) is 72.8 Å². The van der Waals surface area contributed by atoms with Crippen LogP contribution in [0.15, 0.2) is 97.1 Å². The van der Waals surface area contributed by atoms with Crippen LogP contribution in [0.25, 0.3) is 0 Å². The van der Waals surface area contributed by atoms with Crippen LogP contribution in [0, 0.1) is 5.92 Å². The standard InChI is InChI=1S/C37H42N4O6/c1-25-21-41(26(2)24-42)36(43)32-11-8-12-33(39-37(44)38-28-15-19-29(45-4)20-16-28)35(32)47-34(25)23-40(3)22-27-13-17-31(18-14-27)46-30-9-6-5-7-10-30/h5-20,25-26,34,42H,21-24H2,1-4H3,(H2,38,39,44)/t25-,26+,34+/m0/s1. The van der Waals surface area contributed by atoms with Crippen LogP contribution in [-0.2, 0) is 6.54 Å². The zero-order chi connectivity index (χ0) is 33.3. The number of likely N-dealkylation sites (N-methyl/N-ethyl adjacent to an activating group) is 1. The van der Waals surface area contributed by atoms with E-state index in [0.29, 0.717) is 48.1 Å². The minimum atomic E-state index is -0.483. The van der Waals surface area contributed by atoms with Gasteiger partial charge >= 0.3 is 6.03 Å². The van der Waals surface area contributed by atoms with Gasteiger partial charge in [-0.3, -0.25) is 9.69 Å². The molecule has 0 bridgehead atoms. The molecule has 5 rings (SSSR count). The van der Waals surface area contributed by atoms with Gasteiger partial charge in [0.25, 0.3) is 5.91 Å². The highest BCUT2D eigenvalue weighted by Crippen LogP contribution is 2.35. The first-order valence-corrected chi connectivity index (χ1v) is 15.7. The predicted molar refractivity (Wildman–Crippen MR) is 183 cm³/mol. The number of benzene rings is 4. The normalized spacial score (nSPS) is 16.7. The molecule has 246 valence electrons. The molecule has 10 nitrogen and oxygen atoms in total. The molecule has 3 amide bonds. The average molecular weight is 639 g/mol. The maximum Gasteiger partial charge on any atom is 0.323 e. The number of carbonyl (C=O) groups excluding carboxylic acids is 2. The number of para-hydroxylation sites is 2. The lowest BCUT2D eigenvalue weighted by atomic mass is 9.99. The maximum absolute atomic E-state index is 13.8. The van der Waals surface area contributed by atoms with Crippen molar-refractivity contribution >= 4 is 23.3 Å². The summed E-state index contributed by atoms with van der Waals surface area (Å²) in [4.78, 5) is 30.7. The number of nitrogens with zero attached hydrogens (tertiary/aromatic N) is 2. The fraction of sp³-hybridized carbons (Fsp3) is 0.297. The smallest absolute Gasteiger partial charge is 0.323 e. The van der Waals surface area contributed by atoms with Gasteiger partial charge in [-0.25, -0.2) is 4.79 Å². The lowest BCUT2D eigenvalue weighted by molar-refractivity contribution is 0.0343. The number of rotatable bonds is 11. The molecule has 3 N–H and O–H groups in total. The van der Waals surface area contributed by atoms with Crippen molar-refractivity contribution in [1.82, 2.24) is 9.80 Å². The summed E-state index contributed by atoms with van der Waals surface area (Å²) in [7, 11) is 3.60. The van der Waals surface area contributed by atoms with Crippen LogP contribution < -0.4 is 24.8 Å². The Kier molecular flexibility index (Phi) is 11.0. The third-order valence-corrected chi connectivity index (χ3v) is 8.13. The van der Waals surface area contributed by atoms with E-state index in [1.54, 1.807) is 54.5 Å². The van der Waals surface area contributed by atoms with Gasteiger partial charge in [-0.15, -0.1) is 0 Å². The molecule has 0 saturated heterocycles. The van der Waals surface area contributed by atoms with Gasteiger partial charge in [0.2, 0.25) is 0 Å². The number of fused-ring (bicyclic) bond motifs is 1. The zero-order valence-electron chi connectivity index (χ0n) is 27.2. The van der Waals surface area contributed by atoms with E-state index in [9.17, 15) is 14.7 Å². The van der Waals surface area contributed by atoms with Crippen molar-refractivity contribution in [2.45, 2.75) is 32.5 Å². The number of aliphatic hydroxyl groups is 1. The van der Waals surface area contributed by atoms with Crippen LogP contribution >= 0.6 is 0 Å². The van der Waals surface area contributed by atoms with Crippen molar-refractivity contribution in [2.75, 3.05) is 44.5 Å². The van der Waals surface area contributed by atoms with E-state index in [1.807, 2.05) is 75.5 Å². The number of nitrogens with one attached hydrogen (secondary N) is 2. The Morgan fingerprint density at radius 1 is 0.957 bits per heavy atom. The number of methoxy groups -OCH3 is 1. The van der Waals surface area contributed by atoms with E-state index in [2.05, 4.69) is 15.5 Å². The summed E-state index contributed by atoms with van der Waals surface area (Å²) >= 11 is 0. The summed E-state index contributed by atoms with van der Waals surface area (Å²) in [6.45, 7) is 5.29. The quantitative estimate of drug-likeness (QED) is 0.172. The summed E-state index contributed by atoms with van der Waals surface area (Å²) < 4.78 is 17.8. The molecule has 1 heterocycles. The van der Waals surface area contributed by atoms with Crippen LogP contribution in [0.4, 0.5) is 16.2 Å². The molecule has 3 atom stereocenters. The molecule has 4 aromatic rings. The Balaban J connectivity index is 1.34. The molecule has 47 heavy (non-hydrogen) atoms. The third-order valence-electron chi connectivity index (χ3n) is 8.13. The fourth-order valence-electron chi connectivity index (χ4n) is 5.49. The van der Waals surface area contributed by atoms with Crippen LogP contribution in [0.2, 0.25) is 0 Å². The largest absolute Gasteiger partial charge is 0.497 e. The number of carbonyl (C=O) groups is 2. The Labute approximate surface area is 275 Å². The number of anilines is 2. The maximum atomic E-state index is 13.8. The van der Waals surface area contributed by atoms with Gasteiger partial charge in [0.1, 0.15) is 23.4 Å². The zero-order valence-corrected chi connectivity index (χ0v) is 27.2. The SMILES string of the molecule is COc1ccc(NC(=O)Nc2cccc3c2O[C@H](CN(C)Cc2ccc(Oc4ccccc4)cc2)[C@@H](C)CN([C@H](C)CO)C3=O)cc1. The lowest BCUT2D eigenvalue weighted by Gasteiger charge is -2.38. The molecule has 1 aliphatic rings. The van der Waals surface area contributed by atoms with Gasteiger partial charge in [-0.05, 0) is 80.2 Å². The predicted octanol–water partition coefficient (Wildman–Crippen LogP) is 6.48. The van der Waals surface area contributed by atoms with E-state index in [0.717, 1.165) is 17.1 Å². The van der Waals surface area contributed by atoms with Crippen LogP contribution in [0.5, 0.6) is 23.0 Å². The highest BCUT2D eigenvalue weighted by Gasteiger charge is 2.34. The van der Waals surface area contributed by atoms with E-state index in [-0.39, 0.29) is 24.5 Å². The number of ether oxygens (including phenoxy) is 3. The van der Waals surface area contributed by atoms with E-state index in [4.69, 9.17) is 14.2 Å². The Bertz CT molecular complexity index is 1630. The lowest BCUT2D eigenvalue weighted by Crippen LogP contribution is -2.49. The summed E-state index contributed by atoms with van der Waals surface area (Å²) in [5.74, 6) is 2.15. The van der Waals surface area contributed by atoms with Gasteiger partial charge in [0.05, 0.1) is 31.0 Å². The van der Waals surface area contributed by atoms with E-state index < -0.39 is 12.1 Å². The third kappa shape index (κ3) is 8.60. The second kappa shape index (κ2) is 15.5. The van der Waals surface area contributed by atoms with Crippen molar-refractivity contribution in [3.05, 3.63) is 108 Å². The van der Waals surface area contributed by atoms with Gasteiger partial charge in [-0.2, -0.15) is 0 Å². The molecular formula is C37H42N4O6. The highest BCUT2D eigenvalue weighted by atomic mass is 16.5.